The number of piperazine rings is 1. The molecule has 4 aromatic rings. The van der Waals surface area contributed by atoms with Gasteiger partial charge in [-0.3, -0.25) is 14.4 Å². The molecule has 2 aliphatic heterocycles. The molecular weight excluding hydrogens is 511 g/mol. The van der Waals surface area contributed by atoms with Crippen molar-refractivity contribution < 1.29 is 13.9 Å². The number of rotatable bonds is 7. The molecule has 2 aliphatic rings. The fourth-order valence-corrected chi connectivity index (χ4v) is 5.90. The topological polar surface area (TPSA) is 100 Å². The van der Waals surface area contributed by atoms with Crippen LogP contribution in [0.15, 0.2) is 36.7 Å². The molecule has 2 aromatic heterocycles. The van der Waals surface area contributed by atoms with Crippen molar-refractivity contribution in [2.45, 2.75) is 38.8 Å². The second-order valence-electron chi connectivity index (χ2n) is 11.0. The van der Waals surface area contributed by atoms with E-state index in [1.165, 1.54) is 18.9 Å². The van der Waals surface area contributed by atoms with Crippen molar-refractivity contribution in [1.82, 2.24) is 30.0 Å². The van der Waals surface area contributed by atoms with Crippen LogP contribution in [-0.4, -0.2) is 82.0 Å². The van der Waals surface area contributed by atoms with Gasteiger partial charge in [0.1, 0.15) is 12.1 Å². The summed E-state index contributed by atoms with van der Waals surface area (Å²) in [5.74, 6) is -0.880. The second kappa shape index (κ2) is 11.0. The van der Waals surface area contributed by atoms with E-state index in [4.69, 9.17) is 9.72 Å². The molecule has 2 aromatic carbocycles. The number of amides is 1. The van der Waals surface area contributed by atoms with Crippen LogP contribution in [0, 0.1) is 5.82 Å². The molecule has 0 radical (unpaired) electrons. The maximum Gasteiger partial charge on any atom is 0.316 e. The molecule has 0 spiro atoms. The first kappa shape index (κ1) is 26.4. The lowest BCUT2D eigenvalue weighted by atomic mass is 10.0. The zero-order valence-corrected chi connectivity index (χ0v) is 23.2. The van der Waals surface area contributed by atoms with Crippen LogP contribution >= 0.6 is 0 Å². The van der Waals surface area contributed by atoms with Gasteiger partial charge in [-0.1, -0.05) is 0 Å². The van der Waals surface area contributed by atoms with E-state index in [0.717, 1.165) is 43.8 Å². The average Bonchev–Trinajstić information content (AvgIpc) is 3.56. The normalized spacial score (nSPS) is 19.9. The van der Waals surface area contributed by atoms with E-state index >= 15 is 0 Å². The summed E-state index contributed by atoms with van der Waals surface area (Å²) in [7, 11) is 1.73. The van der Waals surface area contributed by atoms with Gasteiger partial charge in [-0.2, -0.15) is 10.1 Å². The van der Waals surface area contributed by atoms with Gasteiger partial charge in [-0.25, -0.2) is 9.37 Å². The van der Waals surface area contributed by atoms with Gasteiger partial charge in [-0.05, 0) is 64.0 Å². The summed E-state index contributed by atoms with van der Waals surface area (Å²) < 4.78 is 22.2. The highest BCUT2D eigenvalue weighted by atomic mass is 19.1. The molecule has 2 saturated heterocycles. The zero-order chi connectivity index (χ0) is 27.8. The van der Waals surface area contributed by atoms with E-state index in [1.807, 2.05) is 6.07 Å². The van der Waals surface area contributed by atoms with Crippen molar-refractivity contribution in [3.63, 3.8) is 0 Å². The Morgan fingerprint density at radius 3 is 2.70 bits per heavy atom. The number of hydrogen-bond acceptors (Lipinski definition) is 8. The maximum atomic E-state index is 14.7. The summed E-state index contributed by atoms with van der Waals surface area (Å²) >= 11 is 0. The van der Waals surface area contributed by atoms with Crippen LogP contribution in [0.25, 0.3) is 21.8 Å². The number of hydrogen-bond donors (Lipinski definition) is 2. The van der Waals surface area contributed by atoms with Crippen LogP contribution in [0.2, 0.25) is 0 Å². The summed E-state index contributed by atoms with van der Waals surface area (Å²) in [5, 5.41) is 11.9. The Kier molecular flexibility index (Phi) is 7.24. The molecule has 1 amide bonds. The van der Waals surface area contributed by atoms with Gasteiger partial charge in [0.15, 0.2) is 5.82 Å². The predicted molar refractivity (Wildman–Crippen MR) is 154 cm³/mol. The largest absolute Gasteiger partial charge is 0.462 e. The Bertz CT molecular complexity index is 1540. The van der Waals surface area contributed by atoms with Gasteiger partial charge in [0, 0.05) is 73.3 Å². The number of carbonyl (C=O) groups is 1. The fraction of sp³-hybridized carbons (Fsp3) is 0.448. The standard InChI is InChI=1S/C29H35FN8O2/c1-18-15-38(16-19(2)32-18)25-7-6-22(28(39)33-21-12-20-17-36(3)35-26(20)24(30)13-21)27-23(25)14-31-29(34-27)40-11-10-37-8-4-5-9-37/h6-7,12-14,17-19,32H,4-5,8-11,15-16H2,1-3H3,(H,33,39)/t18-,19+. The van der Waals surface area contributed by atoms with Gasteiger partial charge < -0.3 is 20.3 Å². The third kappa shape index (κ3) is 5.44. The molecule has 0 unspecified atom stereocenters. The summed E-state index contributed by atoms with van der Waals surface area (Å²) in [6.07, 6.45) is 5.90. The zero-order valence-electron chi connectivity index (χ0n) is 23.2. The molecule has 2 atom stereocenters. The van der Waals surface area contributed by atoms with Crippen molar-refractivity contribution in [3.05, 3.63) is 48.0 Å². The molecule has 11 heteroatoms. The predicted octanol–water partition coefficient (Wildman–Crippen LogP) is 3.57. The van der Waals surface area contributed by atoms with Gasteiger partial charge in [-0.15, -0.1) is 0 Å². The highest BCUT2D eigenvalue weighted by molar-refractivity contribution is 6.14. The van der Waals surface area contributed by atoms with Crippen LogP contribution in [0.1, 0.15) is 37.0 Å². The number of nitrogens with one attached hydrogen (secondary N) is 2. The van der Waals surface area contributed by atoms with Crippen molar-refractivity contribution in [2.75, 3.05) is 49.5 Å². The summed E-state index contributed by atoms with van der Waals surface area (Å²) in [4.78, 5) is 27.5. The number of fused-ring (bicyclic) bond motifs is 2. The Balaban J connectivity index is 1.33. The first-order valence-corrected chi connectivity index (χ1v) is 13.9. The molecule has 0 aliphatic carbocycles. The van der Waals surface area contributed by atoms with Gasteiger partial charge in [0.2, 0.25) is 0 Å². The SMILES string of the molecule is C[C@@H]1CN(c2ccc(C(=O)Nc3cc(F)c4nn(C)cc4c3)c3nc(OCCN4CCCC4)ncc23)C[C@H](C)N1. The summed E-state index contributed by atoms with van der Waals surface area (Å²) in [5.41, 5.74) is 2.45. The number of carbonyl (C=O) groups excluding carboxylic acids is 1. The first-order chi connectivity index (χ1) is 19.3. The Hall–Kier alpha value is -3.83. The van der Waals surface area contributed by atoms with Crippen LogP contribution in [0.4, 0.5) is 15.8 Å². The Morgan fingerprint density at radius 2 is 1.93 bits per heavy atom. The van der Waals surface area contributed by atoms with Gasteiger partial charge in [0.05, 0.1) is 11.1 Å². The number of anilines is 2. The number of ether oxygens (including phenoxy) is 1. The van der Waals surface area contributed by atoms with Crippen LogP contribution < -0.4 is 20.3 Å². The molecular formula is C29H35FN8O2. The van der Waals surface area contributed by atoms with Gasteiger partial charge >= 0.3 is 6.01 Å². The van der Waals surface area contributed by atoms with Crippen LogP contribution in [0.3, 0.4) is 0 Å². The molecule has 2 N–H and O–H groups in total. The third-order valence-electron chi connectivity index (χ3n) is 7.62. The van der Waals surface area contributed by atoms with Crippen LogP contribution in [-0.2, 0) is 7.05 Å². The Labute approximate surface area is 232 Å². The van der Waals surface area contributed by atoms with E-state index in [9.17, 15) is 9.18 Å². The molecule has 6 rings (SSSR count). The van der Waals surface area contributed by atoms with E-state index in [1.54, 1.807) is 36.3 Å². The number of likely N-dealkylation sites (tertiary alicyclic amines) is 1. The van der Waals surface area contributed by atoms with E-state index in [-0.39, 0.29) is 17.4 Å². The molecule has 10 nitrogen and oxygen atoms in total. The molecule has 0 saturated carbocycles. The number of benzene rings is 2. The molecule has 0 bridgehead atoms. The summed E-state index contributed by atoms with van der Waals surface area (Å²) in [6.45, 7) is 9.43. The molecule has 210 valence electrons. The van der Waals surface area contributed by atoms with Crippen molar-refractivity contribution in [3.8, 4) is 6.01 Å². The smallest absolute Gasteiger partial charge is 0.316 e. The Morgan fingerprint density at radius 1 is 1.15 bits per heavy atom. The van der Waals surface area contributed by atoms with Crippen molar-refractivity contribution >= 4 is 39.1 Å². The lowest BCUT2D eigenvalue weighted by Gasteiger charge is -2.38. The quantitative estimate of drug-likeness (QED) is 0.363. The molecule has 4 heterocycles. The minimum absolute atomic E-state index is 0.239. The number of aryl methyl sites for hydroxylation is 1. The average molecular weight is 547 g/mol. The monoisotopic (exact) mass is 546 g/mol. The minimum atomic E-state index is -0.494. The lowest BCUT2D eigenvalue weighted by Crippen LogP contribution is -2.54. The van der Waals surface area contributed by atoms with Crippen LogP contribution in [0.5, 0.6) is 6.01 Å². The minimum Gasteiger partial charge on any atom is -0.462 e. The van der Waals surface area contributed by atoms with E-state index in [2.05, 4.69) is 44.4 Å². The number of halogens is 1. The van der Waals surface area contributed by atoms with Crippen molar-refractivity contribution in [1.29, 1.82) is 0 Å². The number of nitrogens with zero attached hydrogens (tertiary/aromatic N) is 6. The highest BCUT2D eigenvalue weighted by Crippen LogP contribution is 2.31. The van der Waals surface area contributed by atoms with Gasteiger partial charge in [0.25, 0.3) is 5.91 Å². The fourth-order valence-electron chi connectivity index (χ4n) is 5.90. The third-order valence-corrected chi connectivity index (χ3v) is 7.62. The van der Waals surface area contributed by atoms with E-state index < -0.39 is 5.82 Å². The molecule has 2 fully saturated rings. The first-order valence-electron chi connectivity index (χ1n) is 13.9. The summed E-state index contributed by atoms with van der Waals surface area (Å²) in [6, 6.07) is 7.60. The second-order valence-corrected chi connectivity index (χ2v) is 11.0. The number of aromatic nitrogens is 4. The molecule has 40 heavy (non-hydrogen) atoms. The maximum absolute atomic E-state index is 14.7. The van der Waals surface area contributed by atoms with E-state index in [0.29, 0.717) is 40.8 Å². The van der Waals surface area contributed by atoms with Crippen molar-refractivity contribution in [2.24, 2.45) is 7.05 Å². The lowest BCUT2D eigenvalue weighted by molar-refractivity contribution is 0.102. The highest BCUT2D eigenvalue weighted by Gasteiger charge is 2.25.